The van der Waals surface area contributed by atoms with Gasteiger partial charge in [-0.1, -0.05) is 6.92 Å². The Balaban J connectivity index is 1.84. The van der Waals surface area contributed by atoms with E-state index in [4.69, 9.17) is 0 Å². The molecule has 6 nitrogen and oxygen atoms in total. The molecule has 1 amide bonds. The number of hydrogen-bond acceptors (Lipinski definition) is 4. The summed E-state index contributed by atoms with van der Waals surface area (Å²) in [7, 11) is 3.95. The van der Waals surface area contributed by atoms with E-state index >= 15 is 0 Å². The molecule has 118 valence electrons. The predicted molar refractivity (Wildman–Crippen MR) is 80.7 cm³/mol. The van der Waals surface area contributed by atoms with E-state index in [0.29, 0.717) is 11.9 Å². The van der Waals surface area contributed by atoms with E-state index in [2.05, 4.69) is 23.9 Å². The van der Waals surface area contributed by atoms with Gasteiger partial charge < -0.3 is 19.5 Å². The minimum absolute atomic E-state index is 0.0168. The molecule has 1 fully saturated rings. The number of carbonyl (C=O) groups excluding carboxylic acids is 1. The summed E-state index contributed by atoms with van der Waals surface area (Å²) in [5.74, 6) is 0.562. The maximum atomic E-state index is 12.3. The zero-order chi connectivity index (χ0) is 15.4. The predicted octanol–water partition coefficient (Wildman–Crippen LogP) is 0.786. The van der Waals surface area contributed by atoms with Gasteiger partial charge in [-0.15, -0.1) is 0 Å². The number of carbonyl (C=O) groups is 1. The van der Waals surface area contributed by atoms with Crippen molar-refractivity contribution in [3.05, 3.63) is 18.2 Å². The molecule has 0 spiro atoms. The summed E-state index contributed by atoms with van der Waals surface area (Å²) in [4.78, 5) is 20.6. The molecule has 1 aliphatic rings. The molecular formula is C15H26N4O2. The van der Waals surface area contributed by atoms with Gasteiger partial charge in [0.1, 0.15) is 11.9 Å². The van der Waals surface area contributed by atoms with Crippen molar-refractivity contribution in [2.45, 2.75) is 38.3 Å². The molecule has 1 aromatic rings. The lowest BCUT2D eigenvalue weighted by Crippen LogP contribution is -2.45. The molecule has 1 unspecified atom stereocenters. The zero-order valence-corrected chi connectivity index (χ0v) is 13.2. The van der Waals surface area contributed by atoms with Crippen LogP contribution in [-0.2, 0) is 11.8 Å². The third kappa shape index (κ3) is 3.83. The molecule has 1 saturated heterocycles. The summed E-state index contributed by atoms with van der Waals surface area (Å²) in [6, 6.07) is 0.568. The maximum Gasteiger partial charge on any atom is 0.225 e. The van der Waals surface area contributed by atoms with Crippen LogP contribution in [0.3, 0.4) is 0 Å². The van der Waals surface area contributed by atoms with Gasteiger partial charge in [0.2, 0.25) is 5.91 Å². The summed E-state index contributed by atoms with van der Waals surface area (Å²) in [6.07, 6.45) is 4.71. The first-order chi connectivity index (χ1) is 10.0. The molecule has 0 aliphatic carbocycles. The fourth-order valence-corrected chi connectivity index (χ4v) is 2.90. The van der Waals surface area contributed by atoms with Crippen molar-refractivity contribution in [2.75, 3.05) is 26.7 Å². The SMILES string of the molecule is CCN(C)C1CCN(C(=O)CC(O)c2nccn2C)CC1. The van der Waals surface area contributed by atoms with Crippen LogP contribution >= 0.6 is 0 Å². The number of amides is 1. The van der Waals surface area contributed by atoms with Crippen LogP contribution in [-0.4, -0.2) is 63.1 Å². The van der Waals surface area contributed by atoms with E-state index in [9.17, 15) is 9.90 Å². The second-order valence-corrected chi connectivity index (χ2v) is 5.80. The lowest BCUT2D eigenvalue weighted by Gasteiger charge is -2.36. The van der Waals surface area contributed by atoms with Crippen LogP contribution < -0.4 is 0 Å². The summed E-state index contributed by atoms with van der Waals surface area (Å²) >= 11 is 0. The molecule has 0 aromatic carbocycles. The Bertz CT molecular complexity index is 466. The first kappa shape index (κ1) is 16.0. The van der Waals surface area contributed by atoms with Gasteiger partial charge in [-0.2, -0.15) is 0 Å². The minimum Gasteiger partial charge on any atom is -0.385 e. The number of likely N-dealkylation sites (tertiary alicyclic amines) is 1. The normalized spacial score (nSPS) is 18.2. The number of imidazole rings is 1. The molecule has 2 rings (SSSR count). The highest BCUT2D eigenvalue weighted by atomic mass is 16.3. The molecule has 1 N–H and O–H groups in total. The monoisotopic (exact) mass is 294 g/mol. The quantitative estimate of drug-likeness (QED) is 0.872. The summed E-state index contributed by atoms with van der Waals surface area (Å²) in [5, 5.41) is 10.1. The van der Waals surface area contributed by atoms with Crippen molar-refractivity contribution in [2.24, 2.45) is 7.05 Å². The van der Waals surface area contributed by atoms with E-state index in [1.165, 1.54) is 0 Å². The Kier molecular flexibility index (Phi) is 5.36. The van der Waals surface area contributed by atoms with Crippen molar-refractivity contribution in [3.63, 3.8) is 0 Å². The standard InChI is InChI=1S/C15H26N4O2/c1-4-17(2)12-5-8-19(9-6-12)14(21)11-13(20)15-16-7-10-18(15)3/h7,10,12-13,20H,4-6,8-9,11H2,1-3H3. The second kappa shape index (κ2) is 7.04. The first-order valence-corrected chi connectivity index (χ1v) is 7.66. The summed E-state index contributed by atoms with van der Waals surface area (Å²) in [5.41, 5.74) is 0. The van der Waals surface area contributed by atoms with Crippen LogP contribution in [0, 0.1) is 0 Å². The molecule has 0 radical (unpaired) electrons. The van der Waals surface area contributed by atoms with Gasteiger partial charge in [-0.25, -0.2) is 4.98 Å². The highest BCUT2D eigenvalue weighted by Gasteiger charge is 2.26. The van der Waals surface area contributed by atoms with Gasteiger partial charge in [0.15, 0.2) is 0 Å². The number of aliphatic hydroxyl groups is 1. The third-order valence-electron chi connectivity index (χ3n) is 4.46. The van der Waals surface area contributed by atoms with Gasteiger partial charge in [0, 0.05) is 38.6 Å². The van der Waals surface area contributed by atoms with Crippen molar-refractivity contribution in [1.29, 1.82) is 0 Å². The Morgan fingerprint density at radius 1 is 1.52 bits per heavy atom. The third-order valence-corrected chi connectivity index (χ3v) is 4.46. The van der Waals surface area contributed by atoms with E-state index in [-0.39, 0.29) is 12.3 Å². The number of nitrogens with zero attached hydrogens (tertiary/aromatic N) is 4. The smallest absolute Gasteiger partial charge is 0.225 e. The largest absolute Gasteiger partial charge is 0.385 e. The van der Waals surface area contributed by atoms with Gasteiger partial charge in [-0.05, 0) is 26.4 Å². The van der Waals surface area contributed by atoms with Gasteiger partial charge in [0.05, 0.1) is 6.42 Å². The number of aryl methyl sites for hydroxylation is 1. The van der Waals surface area contributed by atoms with Crippen molar-refractivity contribution in [1.82, 2.24) is 19.4 Å². The molecule has 6 heteroatoms. The van der Waals surface area contributed by atoms with Gasteiger partial charge in [0.25, 0.3) is 0 Å². The lowest BCUT2D eigenvalue weighted by molar-refractivity contribution is -0.135. The van der Waals surface area contributed by atoms with Crippen LogP contribution in [0.2, 0.25) is 0 Å². The number of rotatable bonds is 5. The zero-order valence-electron chi connectivity index (χ0n) is 13.2. The molecule has 1 aliphatic heterocycles. The molecule has 21 heavy (non-hydrogen) atoms. The Hall–Kier alpha value is -1.40. The van der Waals surface area contributed by atoms with Crippen molar-refractivity contribution < 1.29 is 9.90 Å². The lowest BCUT2D eigenvalue weighted by atomic mass is 10.0. The Morgan fingerprint density at radius 3 is 2.71 bits per heavy atom. The first-order valence-electron chi connectivity index (χ1n) is 7.66. The number of hydrogen-bond donors (Lipinski definition) is 1. The van der Waals surface area contributed by atoms with Crippen molar-refractivity contribution >= 4 is 5.91 Å². The summed E-state index contributed by atoms with van der Waals surface area (Å²) in [6.45, 7) is 4.75. The van der Waals surface area contributed by atoms with E-state index in [0.717, 1.165) is 32.5 Å². The van der Waals surface area contributed by atoms with E-state index in [1.54, 1.807) is 17.0 Å². The van der Waals surface area contributed by atoms with Crippen LogP contribution in [0.15, 0.2) is 12.4 Å². The van der Waals surface area contributed by atoms with Crippen LogP contribution in [0.4, 0.5) is 0 Å². The van der Waals surface area contributed by atoms with Gasteiger partial charge in [-0.3, -0.25) is 4.79 Å². The Morgan fingerprint density at radius 2 is 2.19 bits per heavy atom. The van der Waals surface area contributed by atoms with Crippen LogP contribution in [0.1, 0.15) is 38.1 Å². The summed E-state index contributed by atoms with van der Waals surface area (Å²) < 4.78 is 1.75. The molecule has 1 atom stereocenters. The molecule has 0 bridgehead atoms. The van der Waals surface area contributed by atoms with E-state index in [1.807, 2.05) is 11.9 Å². The molecule has 1 aromatic heterocycles. The second-order valence-electron chi connectivity index (χ2n) is 5.80. The average Bonchev–Trinajstić information content (AvgIpc) is 2.92. The highest BCUT2D eigenvalue weighted by Crippen LogP contribution is 2.19. The Labute approximate surface area is 126 Å². The highest BCUT2D eigenvalue weighted by molar-refractivity contribution is 5.76. The van der Waals surface area contributed by atoms with Crippen LogP contribution in [0.5, 0.6) is 0 Å². The van der Waals surface area contributed by atoms with E-state index < -0.39 is 6.10 Å². The molecular weight excluding hydrogens is 268 g/mol. The minimum atomic E-state index is -0.825. The molecule has 0 saturated carbocycles. The van der Waals surface area contributed by atoms with Crippen LogP contribution in [0.25, 0.3) is 0 Å². The number of aromatic nitrogens is 2. The maximum absolute atomic E-state index is 12.3. The fourth-order valence-electron chi connectivity index (χ4n) is 2.90. The van der Waals surface area contributed by atoms with Crippen molar-refractivity contribution in [3.8, 4) is 0 Å². The molecule has 2 heterocycles. The van der Waals surface area contributed by atoms with Gasteiger partial charge >= 0.3 is 0 Å². The fraction of sp³-hybridized carbons (Fsp3) is 0.733. The average molecular weight is 294 g/mol. The number of aliphatic hydroxyl groups excluding tert-OH is 1. The topological polar surface area (TPSA) is 61.6 Å². The number of piperidine rings is 1.